The van der Waals surface area contributed by atoms with Gasteiger partial charge in [0.2, 0.25) is 0 Å². The molecule has 0 saturated carbocycles. The average Bonchev–Trinajstić information content (AvgIpc) is 2.45. The second-order valence-electron chi connectivity index (χ2n) is 2.64. The largest absolute Gasteiger partial charge is 1.00 e. The van der Waals surface area contributed by atoms with E-state index in [9.17, 15) is 0 Å². The first-order chi connectivity index (χ1) is 5.33. The Kier molecular flexibility index (Phi) is 4.98. The summed E-state index contributed by atoms with van der Waals surface area (Å²) in [5, 5.41) is 0. The Morgan fingerprint density at radius 3 is 2.42 bits per heavy atom. The van der Waals surface area contributed by atoms with Crippen LogP contribution in [0.5, 0.6) is 0 Å². The summed E-state index contributed by atoms with van der Waals surface area (Å²) in [6.45, 7) is 8.72. The molecule has 2 nitrogen and oxygen atoms in total. The lowest BCUT2D eigenvalue weighted by Crippen LogP contribution is -3.00. The van der Waals surface area contributed by atoms with E-state index in [1.807, 2.05) is 0 Å². The van der Waals surface area contributed by atoms with Gasteiger partial charge in [-0.1, -0.05) is 6.92 Å². The maximum atomic E-state index is 2.30. The molecular formula is C9H17ClN2. The van der Waals surface area contributed by atoms with Crippen molar-refractivity contribution in [1.82, 2.24) is 4.57 Å². The third-order valence-corrected chi connectivity index (χ3v) is 2.09. The molecule has 0 unspecified atom stereocenters. The number of rotatable bonds is 3. The van der Waals surface area contributed by atoms with E-state index in [0.717, 1.165) is 19.5 Å². The van der Waals surface area contributed by atoms with Crippen molar-refractivity contribution in [1.29, 1.82) is 0 Å². The van der Waals surface area contributed by atoms with Gasteiger partial charge < -0.3 is 12.4 Å². The number of halogens is 1. The van der Waals surface area contributed by atoms with Crippen molar-refractivity contribution in [2.75, 3.05) is 0 Å². The standard InChI is InChI=1S/C9H17N2.ClH/c1-4-9-10(5-2)7-8-11(9)6-3;/h7-8H,4-6H2,1-3H3;1H/q+1;/p-1. The highest BCUT2D eigenvalue weighted by molar-refractivity contribution is 4.82. The van der Waals surface area contributed by atoms with E-state index in [4.69, 9.17) is 0 Å². The van der Waals surface area contributed by atoms with Crippen LogP contribution in [0.4, 0.5) is 0 Å². The summed E-state index contributed by atoms with van der Waals surface area (Å²) in [6.07, 6.45) is 5.43. The monoisotopic (exact) mass is 188 g/mol. The fourth-order valence-corrected chi connectivity index (χ4v) is 1.48. The second-order valence-corrected chi connectivity index (χ2v) is 2.64. The molecule has 3 heteroatoms. The Balaban J connectivity index is 0.00000121. The van der Waals surface area contributed by atoms with Gasteiger partial charge in [0, 0.05) is 6.42 Å². The van der Waals surface area contributed by atoms with Gasteiger partial charge in [0.25, 0.3) is 5.82 Å². The van der Waals surface area contributed by atoms with Crippen LogP contribution in [-0.4, -0.2) is 4.57 Å². The molecule has 0 N–H and O–H groups in total. The number of hydrogen-bond acceptors (Lipinski definition) is 0. The summed E-state index contributed by atoms with van der Waals surface area (Å²) in [4.78, 5) is 0. The molecule has 1 rings (SSSR count). The number of imidazole rings is 1. The molecule has 0 aliphatic carbocycles. The first-order valence-corrected chi connectivity index (χ1v) is 4.40. The number of aryl methyl sites for hydroxylation is 2. The maximum Gasteiger partial charge on any atom is 0.256 e. The molecule has 0 aliphatic rings. The van der Waals surface area contributed by atoms with Gasteiger partial charge in [-0.3, -0.25) is 0 Å². The van der Waals surface area contributed by atoms with Crippen LogP contribution in [0.1, 0.15) is 26.6 Å². The molecule has 0 radical (unpaired) electrons. The highest BCUT2D eigenvalue weighted by atomic mass is 35.5. The van der Waals surface area contributed by atoms with Gasteiger partial charge >= 0.3 is 0 Å². The quantitative estimate of drug-likeness (QED) is 0.505. The van der Waals surface area contributed by atoms with Gasteiger partial charge in [-0.05, 0) is 13.8 Å². The molecular weight excluding hydrogens is 172 g/mol. The van der Waals surface area contributed by atoms with Crippen LogP contribution in [0.25, 0.3) is 0 Å². The minimum Gasteiger partial charge on any atom is -1.00 e. The molecule has 1 aromatic rings. The normalized spacial score (nSPS) is 9.58. The highest BCUT2D eigenvalue weighted by Gasteiger charge is 2.10. The van der Waals surface area contributed by atoms with E-state index in [1.54, 1.807) is 0 Å². The van der Waals surface area contributed by atoms with Crippen molar-refractivity contribution in [3.63, 3.8) is 0 Å². The fourth-order valence-electron chi connectivity index (χ4n) is 1.48. The Hall–Kier alpha value is -0.500. The SMILES string of the molecule is CCc1n(CC)cc[n+]1CC.[Cl-]. The highest BCUT2D eigenvalue weighted by Crippen LogP contribution is 1.95. The summed E-state index contributed by atoms with van der Waals surface area (Å²) in [5.41, 5.74) is 0. The van der Waals surface area contributed by atoms with E-state index in [0.29, 0.717) is 0 Å². The molecule has 0 bridgehead atoms. The second kappa shape index (κ2) is 5.20. The maximum absolute atomic E-state index is 2.30. The molecule has 1 heterocycles. The first-order valence-electron chi connectivity index (χ1n) is 4.40. The van der Waals surface area contributed by atoms with Gasteiger partial charge in [-0.2, -0.15) is 0 Å². The van der Waals surface area contributed by atoms with Gasteiger partial charge in [-0.15, -0.1) is 0 Å². The summed E-state index contributed by atoms with van der Waals surface area (Å²) in [5.74, 6) is 1.43. The Morgan fingerprint density at radius 1 is 1.33 bits per heavy atom. The van der Waals surface area contributed by atoms with Crippen LogP contribution in [0, 0.1) is 0 Å². The van der Waals surface area contributed by atoms with E-state index >= 15 is 0 Å². The zero-order valence-corrected chi connectivity index (χ0v) is 8.80. The molecule has 0 saturated heterocycles. The van der Waals surface area contributed by atoms with Crippen LogP contribution in [0.15, 0.2) is 12.4 Å². The van der Waals surface area contributed by atoms with Crippen molar-refractivity contribution < 1.29 is 17.0 Å². The molecule has 0 atom stereocenters. The molecule has 0 spiro atoms. The summed E-state index contributed by atoms with van der Waals surface area (Å²) < 4.78 is 4.59. The third kappa shape index (κ3) is 2.01. The Labute approximate surface area is 80.6 Å². The van der Waals surface area contributed by atoms with E-state index in [2.05, 4.69) is 42.3 Å². The summed E-state index contributed by atoms with van der Waals surface area (Å²) in [7, 11) is 0. The van der Waals surface area contributed by atoms with Crippen molar-refractivity contribution in [2.24, 2.45) is 0 Å². The Morgan fingerprint density at radius 2 is 2.00 bits per heavy atom. The Bertz CT molecular complexity index is 209. The number of hydrogen-bond donors (Lipinski definition) is 0. The van der Waals surface area contributed by atoms with Crippen LogP contribution in [-0.2, 0) is 19.5 Å². The van der Waals surface area contributed by atoms with Crippen LogP contribution < -0.4 is 17.0 Å². The van der Waals surface area contributed by atoms with Crippen molar-refractivity contribution in [3.8, 4) is 0 Å². The lowest BCUT2D eigenvalue weighted by atomic mass is 10.4. The molecule has 0 fully saturated rings. The fraction of sp³-hybridized carbons (Fsp3) is 0.667. The third-order valence-electron chi connectivity index (χ3n) is 2.09. The predicted octanol–water partition coefficient (Wildman–Crippen LogP) is -1.62. The molecule has 1 aromatic heterocycles. The number of nitrogens with zero attached hydrogens (tertiary/aromatic N) is 2. The molecule has 0 amide bonds. The van der Waals surface area contributed by atoms with Gasteiger partial charge in [0.1, 0.15) is 12.4 Å². The van der Waals surface area contributed by atoms with Crippen molar-refractivity contribution >= 4 is 0 Å². The predicted molar refractivity (Wildman–Crippen MR) is 45.4 cm³/mol. The average molecular weight is 189 g/mol. The van der Waals surface area contributed by atoms with E-state index < -0.39 is 0 Å². The topological polar surface area (TPSA) is 8.81 Å². The van der Waals surface area contributed by atoms with E-state index in [-0.39, 0.29) is 12.4 Å². The van der Waals surface area contributed by atoms with Gasteiger partial charge in [0.05, 0.1) is 13.1 Å². The molecule has 0 aliphatic heterocycles. The van der Waals surface area contributed by atoms with Crippen molar-refractivity contribution in [2.45, 2.75) is 40.3 Å². The van der Waals surface area contributed by atoms with E-state index in [1.165, 1.54) is 5.82 Å². The van der Waals surface area contributed by atoms with Gasteiger partial charge in [0.15, 0.2) is 0 Å². The minimum atomic E-state index is 0. The molecule has 0 aromatic carbocycles. The molecule has 70 valence electrons. The molecule has 12 heavy (non-hydrogen) atoms. The van der Waals surface area contributed by atoms with Crippen molar-refractivity contribution in [3.05, 3.63) is 18.2 Å². The summed E-state index contributed by atoms with van der Waals surface area (Å²) >= 11 is 0. The zero-order chi connectivity index (χ0) is 8.27. The first kappa shape index (κ1) is 11.5. The zero-order valence-electron chi connectivity index (χ0n) is 8.05. The minimum absolute atomic E-state index is 0. The lowest BCUT2D eigenvalue weighted by molar-refractivity contribution is -0.700. The van der Waals surface area contributed by atoms with Crippen LogP contribution in [0.3, 0.4) is 0 Å². The smallest absolute Gasteiger partial charge is 0.256 e. The summed E-state index contributed by atoms with van der Waals surface area (Å²) in [6, 6.07) is 0. The van der Waals surface area contributed by atoms with Gasteiger partial charge in [-0.25, -0.2) is 9.13 Å². The number of aromatic nitrogens is 2. The lowest BCUT2D eigenvalue weighted by Gasteiger charge is -1.97. The van der Waals surface area contributed by atoms with Crippen LogP contribution in [0.2, 0.25) is 0 Å². The van der Waals surface area contributed by atoms with Crippen LogP contribution >= 0.6 is 0 Å².